The van der Waals surface area contributed by atoms with Gasteiger partial charge in [0.15, 0.2) is 11.5 Å². The topological polar surface area (TPSA) is 94.9 Å². The maximum atomic E-state index is 12.2. The number of rotatable bonds is 11. The summed E-state index contributed by atoms with van der Waals surface area (Å²) in [4.78, 5) is 24.5. The maximum Gasteiger partial charge on any atom is 0.307 e. The molecule has 0 aliphatic carbocycles. The summed E-state index contributed by atoms with van der Waals surface area (Å²) in [5, 5.41) is 9.93. The monoisotopic (exact) mass is 377 g/mol. The Morgan fingerprint density at radius 1 is 0.963 bits per heavy atom. The lowest BCUT2D eigenvalue weighted by molar-refractivity contribution is -0.147. The lowest BCUT2D eigenvalue weighted by Gasteiger charge is -2.26. The van der Waals surface area contributed by atoms with Crippen LogP contribution in [0.25, 0.3) is 0 Å². The van der Waals surface area contributed by atoms with Crippen molar-refractivity contribution < 1.29 is 28.5 Å². The van der Waals surface area contributed by atoms with Crippen molar-refractivity contribution in [2.75, 3.05) is 27.4 Å². The van der Waals surface area contributed by atoms with Crippen molar-refractivity contribution in [2.45, 2.75) is 44.9 Å². The van der Waals surface area contributed by atoms with Gasteiger partial charge in [-0.1, -0.05) is 19.9 Å². The van der Waals surface area contributed by atoms with E-state index in [0.717, 1.165) is 0 Å². The number of hydrogen-bond acceptors (Lipinski definition) is 7. The van der Waals surface area contributed by atoms with Crippen LogP contribution in [0.2, 0.25) is 0 Å². The molecule has 0 aromatic heterocycles. The van der Waals surface area contributed by atoms with Gasteiger partial charge in [-0.05, 0) is 30.5 Å². The number of esters is 2. The normalized spacial score (nSPS) is 10.6. The summed E-state index contributed by atoms with van der Waals surface area (Å²) in [5.41, 5.74) is -0.959. The molecular formula is C20H27NO6. The van der Waals surface area contributed by atoms with Crippen LogP contribution in [-0.2, 0) is 24.5 Å². The van der Waals surface area contributed by atoms with Crippen LogP contribution in [0.3, 0.4) is 0 Å². The SMILES string of the molecule is CCCOC(=O)CC(C#N)(CC(=O)OCCC)c1ccc(OC)c(OC)c1. The number of nitrogens with zero attached hydrogens (tertiary/aromatic N) is 1. The molecule has 7 nitrogen and oxygen atoms in total. The molecule has 0 atom stereocenters. The molecule has 0 radical (unpaired) electrons. The fraction of sp³-hybridized carbons (Fsp3) is 0.550. The smallest absolute Gasteiger partial charge is 0.307 e. The van der Waals surface area contributed by atoms with Crippen molar-refractivity contribution in [1.29, 1.82) is 5.26 Å². The predicted molar refractivity (Wildman–Crippen MR) is 98.6 cm³/mol. The number of carbonyl (C=O) groups is 2. The van der Waals surface area contributed by atoms with Crippen LogP contribution < -0.4 is 9.47 Å². The molecule has 0 aliphatic rings. The van der Waals surface area contributed by atoms with Gasteiger partial charge in [-0.15, -0.1) is 0 Å². The van der Waals surface area contributed by atoms with E-state index in [1.165, 1.54) is 14.2 Å². The van der Waals surface area contributed by atoms with Crippen LogP contribution >= 0.6 is 0 Å². The zero-order valence-corrected chi connectivity index (χ0v) is 16.4. The highest BCUT2D eigenvalue weighted by atomic mass is 16.5. The third kappa shape index (κ3) is 6.17. The minimum atomic E-state index is -1.42. The van der Waals surface area contributed by atoms with Crippen LogP contribution in [-0.4, -0.2) is 39.4 Å². The number of carbonyl (C=O) groups excluding carboxylic acids is 2. The molecule has 0 heterocycles. The summed E-state index contributed by atoms with van der Waals surface area (Å²) >= 11 is 0. The molecule has 0 spiro atoms. The van der Waals surface area contributed by atoms with E-state index in [9.17, 15) is 14.9 Å². The van der Waals surface area contributed by atoms with E-state index < -0.39 is 17.4 Å². The third-order valence-corrected chi connectivity index (χ3v) is 3.98. The lowest BCUT2D eigenvalue weighted by Crippen LogP contribution is -2.32. The molecule has 1 rings (SSSR count). The van der Waals surface area contributed by atoms with Crippen LogP contribution in [0.4, 0.5) is 0 Å². The van der Waals surface area contributed by atoms with Crippen LogP contribution in [0, 0.1) is 11.3 Å². The minimum Gasteiger partial charge on any atom is -0.493 e. The van der Waals surface area contributed by atoms with E-state index in [1.807, 2.05) is 13.8 Å². The first kappa shape index (κ1) is 22.3. The first-order valence-corrected chi connectivity index (χ1v) is 8.91. The van der Waals surface area contributed by atoms with Crippen molar-refractivity contribution in [3.63, 3.8) is 0 Å². The van der Waals surface area contributed by atoms with Crippen molar-refractivity contribution in [1.82, 2.24) is 0 Å². The van der Waals surface area contributed by atoms with Gasteiger partial charge in [0.25, 0.3) is 0 Å². The van der Waals surface area contributed by atoms with Gasteiger partial charge in [0, 0.05) is 0 Å². The van der Waals surface area contributed by atoms with Gasteiger partial charge in [-0.25, -0.2) is 0 Å². The van der Waals surface area contributed by atoms with Crippen molar-refractivity contribution in [3.05, 3.63) is 23.8 Å². The van der Waals surface area contributed by atoms with Gasteiger partial charge in [-0.2, -0.15) is 5.26 Å². The number of methoxy groups -OCH3 is 2. The van der Waals surface area contributed by atoms with Gasteiger partial charge in [-0.3, -0.25) is 9.59 Å². The van der Waals surface area contributed by atoms with Crippen molar-refractivity contribution in [2.24, 2.45) is 0 Å². The molecule has 0 aliphatic heterocycles. The molecule has 7 heteroatoms. The van der Waals surface area contributed by atoms with E-state index in [4.69, 9.17) is 18.9 Å². The van der Waals surface area contributed by atoms with Gasteiger partial charge in [0.2, 0.25) is 0 Å². The Morgan fingerprint density at radius 3 is 1.89 bits per heavy atom. The summed E-state index contributed by atoms with van der Waals surface area (Å²) in [6.07, 6.45) is 0.806. The zero-order valence-electron chi connectivity index (χ0n) is 16.4. The van der Waals surface area contributed by atoms with Crippen molar-refractivity contribution >= 4 is 11.9 Å². The summed E-state index contributed by atoms with van der Waals surface area (Å²) in [5.74, 6) is -0.207. The van der Waals surface area contributed by atoms with Gasteiger partial charge < -0.3 is 18.9 Å². The maximum absolute atomic E-state index is 12.2. The van der Waals surface area contributed by atoms with Gasteiger partial charge in [0.05, 0.1) is 46.3 Å². The number of benzene rings is 1. The van der Waals surface area contributed by atoms with E-state index in [1.54, 1.807) is 18.2 Å². The number of nitriles is 1. The van der Waals surface area contributed by atoms with E-state index in [2.05, 4.69) is 6.07 Å². The Kier molecular flexibility index (Phi) is 9.14. The Balaban J connectivity index is 3.28. The average Bonchev–Trinajstić information content (AvgIpc) is 2.69. The molecule has 0 unspecified atom stereocenters. The highest BCUT2D eigenvalue weighted by Crippen LogP contribution is 2.37. The molecule has 0 amide bonds. The van der Waals surface area contributed by atoms with Gasteiger partial charge >= 0.3 is 11.9 Å². The highest BCUT2D eigenvalue weighted by Gasteiger charge is 2.39. The molecule has 148 valence electrons. The molecule has 0 N–H and O–H groups in total. The van der Waals surface area contributed by atoms with Crippen LogP contribution in [0.5, 0.6) is 11.5 Å². The van der Waals surface area contributed by atoms with Crippen molar-refractivity contribution in [3.8, 4) is 17.6 Å². The fourth-order valence-electron chi connectivity index (χ4n) is 2.57. The average molecular weight is 377 g/mol. The molecule has 0 saturated carbocycles. The van der Waals surface area contributed by atoms with Crippen LogP contribution in [0.1, 0.15) is 45.1 Å². The molecule has 1 aromatic rings. The molecule has 0 saturated heterocycles. The largest absolute Gasteiger partial charge is 0.493 e. The second kappa shape index (κ2) is 11.1. The highest BCUT2D eigenvalue weighted by molar-refractivity contribution is 5.78. The quantitative estimate of drug-likeness (QED) is 0.547. The third-order valence-electron chi connectivity index (χ3n) is 3.98. The minimum absolute atomic E-state index is 0.257. The van der Waals surface area contributed by atoms with E-state index in [0.29, 0.717) is 29.9 Å². The summed E-state index contributed by atoms with van der Waals surface area (Å²) in [7, 11) is 2.97. The second-order valence-corrected chi connectivity index (χ2v) is 6.06. The number of ether oxygens (including phenoxy) is 4. The van der Waals surface area contributed by atoms with E-state index in [-0.39, 0.29) is 26.1 Å². The molecule has 0 fully saturated rings. The first-order valence-electron chi connectivity index (χ1n) is 8.91. The Labute approximate surface area is 160 Å². The Bertz CT molecular complexity index is 658. The predicted octanol–water partition coefficient (Wildman–Crippen LogP) is 3.15. The summed E-state index contributed by atoms with van der Waals surface area (Å²) < 4.78 is 20.8. The summed E-state index contributed by atoms with van der Waals surface area (Å²) in [6.45, 7) is 4.27. The molecule has 27 heavy (non-hydrogen) atoms. The molecular weight excluding hydrogens is 350 g/mol. The number of hydrogen-bond donors (Lipinski definition) is 0. The zero-order chi connectivity index (χ0) is 20.3. The molecule has 0 bridgehead atoms. The van der Waals surface area contributed by atoms with Gasteiger partial charge in [0.1, 0.15) is 5.41 Å². The lowest BCUT2D eigenvalue weighted by atomic mass is 9.76. The summed E-state index contributed by atoms with van der Waals surface area (Å²) in [6, 6.07) is 7.01. The Morgan fingerprint density at radius 2 is 1.48 bits per heavy atom. The Hall–Kier alpha value is -2.75. The van der Waals surface area contributed by atoms with E-state index >= 15 is 0 Å². The fourth-order valence-corrected chi connectivity index (χ4v) is 2.57. The second-order valence-electron chi connectivity index (χ2n) is 6.06. The van der Waals surface area contributed by atoms with Crippen LogP contribution in [0.15, 0.2) is 18.2 Å². The standard InChI is InChI=1S/C20H27NO6/c1-5-9-26-18(22)12-20(14-21,13-19(23)27-10-6-2)15-7-8-16(24-3)17(11-15)25-4/h7-8,11H,5-6,9-10,12-13H2,1-4H3. The molecule has 1 aromatic carbocycles. The first-order chi connectivity index (χ1) is 13.0.